The van der Waals surface area contributed by atoms with Crippen LogP contribution in [0, 0.1) is 0 Å². The minimum Gasteiger partial charge on any atom is -0.338 e. The number of nitrogens with zero attached hydrogens (tertiary/aromatic N) is 4. The van der Waals surface area contributed by atoms with Gasteiger partial charge in [0.15, 0.2) is 0 Å². The largest absolute Gasteiger partial charge is 0.338 e. The summed E-state index contributed by atoms with van der Waals surface area (Å²) in [6, 6.07) is 7.06. The summed E-state index contributed by atoms with van der Waals surface area (Å²) in [5.74, 6) is -0.0532. The number of hydrogen-bond acceptors (Lipinski definition) is 4. The molecule has 0 spiro atoms. The van der Waals surface area contributed by atoms with E-state index >= 15 is 0 Å². The lowest BCUT2D eigenvalue weighted by Crippen LogP contribution is -2.37. The summed E-state index contributed by atoms with van der Waals surface area (Å²) < 4.78 is 2.11. The molecule has 0 unspecified atom stereocenters. The van der Waals surface area contributed by atoms with Gasteiger partial charge in [-0.2, -0.15) is 5.10 Å². The SMILES string of the molecule is CC(C)(C)n1ncc2c1CCN(C(=O)CCCCCCCCCCN1C(=O)c3ccccc3C1=O)C2. The molecule has 1 aromatic heterocycles. The van der Waals surface area contributed by atoms with E-state index in [1.54, 1.807) is 24.3 Å². The Balaban J connectivity index is 1.04. The first-order chi connectivity index (χ1) is 17.3. The van der Waals surface area contributed by atoms with Gasteiger partial charge in [0.2, 0.25) is 5.91 Å². The Labute approximate surface area is 214 Å². The van der Waals surface area contributed by atoms with Gasteiger partial charge in [0, 0.05) is 43.7 Å². The Morgan fingerprint density at radius 3 is 2.08 bits per heavy atom. The Morgan fingerprint density at radius 2 is 1.47 bits per heavy atom. The molecule has 2 aliphatic heterocycles. The Kier molecular flexibility index (Phi) is 8.27. The van der Waals surface area contributed by atoms with E-state index in [0.717, 1.165) is 57.9 Å². The van der Waals surface area contributed by atoms with E-state index in [-0.39, 0.29) is 23.3 Å². The molecule has 3 amide bonds. The number of rotatable bonds is 11. The Morgan fingerprint density at radius 1 is 0.889 bits per heavy atom. The summed E-state index contributed by atoms with van der Waals surface area (Å²) in [5.41, 5.74) is 3.49. The van der Waals surface area contributed by atoms with E-state index in [1.807, 2.05) is 11.1 Å². The van der Waals surface area contributed by atoms with Gasteiger partial charge in [-0.3, -0.25) is 24.0 Å². The molecule has 0 bridgehead atoms. The molecule has 2 aliphatic rings. The molecule has 0 atom stereocenters. The summed E-state index contributed by atoms with van der Waals surface area (Å²) >= 11 is 0. The highest BCUT2D eigenvalue weighted by Crippen LogP contribution is 2.25. The number of hydrogen-bond donors (Lipinski definition) is 0. The van der Waals surface area contributed by atoms with Gasteiger partial charge in [0.05, 0.1) is 22.9 Å². The van der Waals surface area contributed by atoms with Crippen molar-refractivity contribution >= 4 is 17.7 Å². The highest BCUT2D eigenvalue weighted by atomic mass is 16.2. The summed E-state index contributed by atoms with van der Waals surface area (Å²) in [7, 11) is 0. The second-order valence-electron chi connectivity index (χ2n) is 11.2. The molecule has 4 rings (SSSR count). The molecule has 0 saturated heterocycles. The van der Waals surface area contributed by atoms with Crippen LogP contribution in [0.3, 0.4) is 0 Å². The van der Waals surface area contributed by atoms with Gasteiger partial charge in [-0.1, -0.05) is 50.7 Å². The maximum absolute atomic E-state index is 12.7. The number of aromatic nitrogens is 2. The average Bonchev–Trinajstić information content (AvgIpc) is 3.39. The predicted molar refractivity (Wildman–Crippen MR) is 140 cm³/mol. The molecule has 0 saturated carbocycles. The molecule has 194 valence electrons. The fourth-order valence-corrected chi connectivity index (χ4v) is 5.33. The molecule has 0 radical (unpaired) electrons. The minimum absolute atomic E-state index is 0.0294. The number of unbranched alkanes of at least 4 members (excludes halogenated alkanes) is 7. The molecular formula is C29H40N4O3. The van der Waals surface area contributed by atoms with Gasteiger partial charge in [-0.15, -0.1) is 0 Å². The predicted octanol–water partition coefficient (Wildman–Crippen LogP) is 5.33. The number of benzene rings is 1. The maximum atomic E-state index is 12.7. The van der Waals surface area contributed by atoms with E-state index in [4.69, 9.17) is 0 Å². The Bertz CT molecular complexity index is 1060. The third-order valence-electron chi connectivity index (χ3n) is 7.32. The quantitative estimate of drug-likeness (QED) is 0.314. The van der Waals surface area contributed by atoms with Crippen LogP contribution in [0.1, 0.15) is 111 Å². The van der Waals surface area contributed by atoms with E-state index < -0.39 is 0 Å². The second kappa shape index (κ2) is 11.4. The van der Waals surface area contributed by atoms with Crippen molar-refractivity contribution in [3.8, 4) is 0 Å². The first-order valence-electron chi connectivity index (χ1n) is 13.6. The molecule has 7 nitrogen and oxygen atoms in total. The van der Waals surface area contributed by atoms with Crippen molar-refractivity contribution in [2.45, 2.75) is 97.1 Å². The van der Waals surface area contributed by atoms with Gasteiger partial charge in [-0.25, -0.2) is 0 Å². The summed E-state index contributed by atoms with van der Waals surface area (Å²) in [6.07, 6.45) is 11.9. The lowest BCUT2D eigenvalue weighted by Gasteiger charge is -2.30. The molecule has 1 aromatic carbocycles. The lowest BCUT2D eigenvalue weighted by atomic mass is 10.0. The highest BCUT2D eigenvalue weighted by molar-refractivity contribution is 6.21. The normalized spacial score (nSPS) is 15.4. The smallest absolute Gasteiger partial charge is 0.261 e. The number of fused-ring (bicyclic) bond motifs is 2. The lowest BCUT2D eigenvalue weighted by molar-refractivity contribution is -0.132. The van der Waals surface area contributed by atoms with Crippen molar-refractivity contribution in [1.82, 2.24) is 19.6 Å². The van der Waals surface area contributed by atoms with Crippen LogP contribution in [-0.2, 0) is 23.3 Å². The first kappa shape index (κ1) is 26.1. The monoisotopic (exact) mass is 492 g/mol. The van der Waals surface area contributed by atoms with Crippen LogP contribution in [0.25, 0.3) is 0 Å². The van der Waals surface area contributed by atoms with Crippen LogP contribution in [0.2, 0.25) is 0 Å². The topological polar surface area (TPSA) is 75.5 Å². The molecule has 0 N–H and O–H groups in total. The van der Waals surface area contributed by atoms with Crippen molar-refractivity contribution in [2.75, 3.05) is 13.1 Å². The van der Waals surface area contributed by atoms with Gasteiger partial charge < -0.3 is 4.90 Å². The van der Waals surface area contributed by atoms with Crippen LogP contribution in [0.15, 0.2) is 30.5 Å². The van der Waals surface area contributed by atoms with Crippen LogP contribution < -0.4 is 0 Å². The standard InChI is InChI=1S/C29H40N4O3/c1-29(2,3)33-25-17-19-31(21-22(25)20-30-33)26(34)16-10-8-6-4-5-7-9-13-18-32-27(35)23-14-11-12-15-24(23)28(32)36/h11-12,14-15,20H,4-10,13,16-19,21H2,1-3H3. The number of carbonyl (C=O) groups excluding carboxylic acids is 3. The van der Waals surface area contributed by atoms with Crippen molar-refractivity contribution in [1.29, 1.82) is 0 Å². The van der Waals surface area contributed by atoms with Crippen LogP contribution in [0.5, 0.6) is 0 Å². The van der Waals surface area contributed by atoms with Crippen molar-refractivity contribution in [2.24, 2.45) is 0 Å². The average molecular weight is 493 g/mol. The van der Waals surface area contributed by atoms with Gasteiger partial charge in [0.25, 0.3) is 11.8 Å². The van der Waals surface area contributed by atoms with Crippen LogP contribution in [0.4, 0.5) is 0 Å². The third kappa shape index (κ3) is 5.88. The van der Waals surface area contributed by atoms with Crippen molar-refractivity contribution < 1.29 is 14.4 Å². The summed E-state index contributed by atoms with van der Waals surface area (Å²) in [5, 5.41) is 4.57. The van der Waals surface area contributed by atoms with E-state index in [0.29, 0.717) is 30.6 Å². The molecular weight excluding hydrogens is 452 g/mol. The van der Waals surface area contributed by atoms with Crippen LogP contribution >= 0.6 is 0 Å². The molecule has 2 aromatic rings. The highest BCUT2D eigenvalue weighted by Gasteiger charge is 2.34. The van der Waals surface area contributed by atoms with E-state index in [1.165, 1.54) is 22.6 Å². The van der Waals surface area contributed by atoms with Gasteiger partial charge in [0.1, 0.15) is 0 Å². The zero-order chi connectivity index (χ0) is 25.7. The second-order valence-corrected chi connectivity index (χ2v) is 11.2. The number of imide groups is 1. The zero-order valence-corrected chi connectivity index (χ0v) is 22.1. The summed E-state index contributed by atoms with van der Waals surface area (Å²) in [6.45, 7) is 8.46. The molecule has 3 heterocycles. The molecule has 36 heavy (non-hydrogen) atoms. The molecule has 0 aliphatic carbocycles. The third-order valence-corrected chi connectivity index (χ3v) is 7.32. The molecule has 7 heteroatoms. The van der Waals surface area contributed by atoms with Crippen molar-refractivity contribution in [3.63, 3.8) is 0 Å². The fourth-order valence-electron chi connectivity index (χ4n) is 5.33. The van der Waals surface area contributed by atoms with Crippen LogP contribution in [-0.4, -0.2) is 50.4 Å². The minimum atomic E-state index is -0.157. The molecule has 0 fully saturated rings. The fraction of sp³-hybridized carbons (Fsp3) is 0.586. The number of amides is 3. The van der Waals surface area contributed by atoms with Gasteiger partial charge >= 0.3 is 0 Å². The first-order valence-corrected chi connectivity index (χ1v) is 13.6. The maximum Gasteiger partial charge on any atom is 0.261 e. The van der Waals surface area contributed by atoms with Gasteiger partial charge in [-0.05, 0) is 45.7 Å². The summed E-state index contributed by atoms with van der Waals surface area (Å²) in [4.78, 5) is 40.9. The number of carbonyl (C=O) groups is 3. The zero-order valence-electron chi connectivity index (χ0n) is 22.1. The van der Waals surface area contributed by atoms with E-state index in [9.17, 15) is 14.4 Å². The Hall–Kier alpha value is -2.96. The van der Waals surface area contributed by atoms with Crippen molar-refractivity contribution in [3.05, 3.63) is 52.8 Å². The van der Waals surface area contributed by atoms with E-state index in [2.05, 4.69) is 30.6 Å².